The Balaban J connectivity index is 1.45. The van der Waals surface area contributed by atoms with Gasteiger partial charge >= 0.3 is 5.69 Å². The van der Waals surface area contributed by atoms with Crippen LogP contribution in [0.25, 0.3) is 0 Å². The predicted molar refractivity (Wildman–Crippen MR) is 118 cm³/mol. The maximum Gasteiger partial charge on any atom is 0.332 e. The smallest absolute Gasteiger partial charge is 0.278 e. The Morgan fingerprint density at radius 1 is 1.06 bits per heavy atom. The van der Waals surface area contributed by atoms with Gasteiger partial charge in [0.05, 0.1) is 12.1 Å². The average Bonchev–Trinajstić information content (AvgIpc) is 3.38. The highest BCUT2D eigenvalue weighted by Crippen LogP contribution is 2.24. The van der Waals surface area contributed by atoms with E-state index in [1.54, 1.807) is 16.7 Å². The molecule has 0 bridgehead atoms. The molecule has 0 unspecified atom stereocenters. The van der Waals surface area contributed by atoms with Gasteiger partial charge in [-0.3, -0.25) is 13.9 Å². The number of fused-ring (bicyclic) bond motifs is 1. The lowest BCUT2D eigenvalue weighted by Gasteiger charge is -2.13. The number of hydrogen-bond donors (Lipinski definition) is 0. The quantitative estimate of drug-likeness (QED) is 0.489. The molecule has 11 heteroatoms. The maximum absolute atomic E-state index is 13.0. The minimum atomic E-state index is -0.374. The third kappa shape index (κ3) is 4.69. The van der Waals surface area contributed by atoms with Crippen LogP contribution < -0.4 is 11.2 Å². The monoisotopic (exact) mass is 459 g/mol. The zero-order chi connectivity index (χ0) is 22.7. The first kappa shape index (κ1) is 22.1. The molecule has 168 valence electrons. The minimum absolute atomic E-state index is 0.226. The zero-order valence-electron chi connectivity index (χ0n) is 17.7. The molecular formula is C21H23ClFN7O2. The Morgan fingerprint density at radius 2 is 1.81 bits per heavy atom. The van der Waals surface area contributed by atoms with Gasteiger partial charge in [0.25, 0.3) is 5.56 Å². The highest BCUT2D eigenvalue weighted by atomic mass is 35.5. The van der Waals surface area contributed by atoms with E-state index in [0.717, 1.165) is 18.4 Å². The van der Waals surface area contributed by atoms with E-state index in [2.05, 4.69) is 20.4 Å². The summed E-state index contributed by atoms with van der Waals surface area (Å²) in [6.45, 7) is 3.14. The number of aliphatic imine (C=N–C) groups is 1. The van der Waals surface area contributed by atoms with Crippen LogP contribution in [0.2, 0.25) is 0 Å². The Morgan fingerprint density at radius 3 is 2.56 bits per heavy atom. The maximum atomic E-state index is 13.0. The van der Waals surface area contributed by atoms with Gasteiger partial charge in [0, 0.05) is 25.9 Å². The normalized spacial score (nSPS) is 12.8. The lowest BCUT2D eigenvalue weighted by Crippen LogP contribution is -2.41. The van der Waals surface area contributed by atoms with E-state index in [1.165, 1.54) is 21.5 Å². The lowest BCUT2D eigenvalue weighted by molar-refractivity contribution is 0.448. The van der Waals surface area contributed by atoms with Gasteiger partial charge < -0.3 is 0 Å². The number of aryl methyl sites for hydroxylation is 1. The molecule has 0 saturated carbocycles. The molecule has 1 aromatic carbocycles. The van der Waals surface area contributed by atoms with Crippen LogP contribution in [-0.4, -0.2) is 34.5 Å². The van der Waals surface area contributed by atoms with Gasteiger partial charge in [-0.25, -0.2) is 14.2 Å². The fourth-order valence-electron chi connectivity index (χ4n) is 3.64. The van der Waals surface area contributed by atoms with Crippen LogP contribution >= 0.6 is 11.6 Å². The van der Waals surface area contributed by atoms with Crippen molar-refractivity contribution in [2.45, 2.75) is 58.7 Å². The Labute approximate surface area is 188 Å². The number of unbranched alkanes of at least 4 members (excludes halogenated alkanes) is 1. The summed E-state index contributed by atoms with van der Waals surface area (Å²) in [6.07, 6.45) is 2.88. The van der Waals surface area contributed by atoms with Crippen molar-refractivity contribution in [1.29, 1.82) is 0 Å². The van der Waals surface area contributed by atoms with Crippen LogP contribution in [0.1, 0.15) is 43.1 Å². The number of nitrogens with zero attached hydrogens (tertiary/aromatic N) is 7. The van der Waals surface area contributed by atoms with Crippen molar-refractivity contribution in [2.24, 2.45) is 4.99 Å². The van der Waals surface area contributed by atoms with Crippen LogP contribution in [-0.2, 0) is 32.5 Å². The van der Waals surface area contributed by atoms with E-state index in [1.807, 2.05) is 6.92 Å². The Kier molecular flexibility index (Phi) is 6.59. The number of aromatic nitrogens is 6. The molecule has 1 aliphatic heterocycles. The van der Waals surface area contributed by atoms with Crippen molar-refractivity contribution >= 4 is 22.6 Å². The van der Waals surface area contributed by atoms with Crippen LogP contribution in [0, 0.1) is 5.82 Å². The average molecular weight is 460 g/mol. The number of tetrazole rings is 1. The van der Waals surface area contributed by atoms with Crippen LogP contribution in [0.5, 0.6) is 0 Å². The zero-order valence-corrected chi connectivity index (χ0v) is 18.4. The molecule has 0 atom stereocenters. The minimum Gasteiger partial charge on any atom is -0.278 e. The summed E-state index contributed by atoms with van der Waals surface area (Å²) in [4.78, 5) is 31.5. The van der Waals surface area contributed by atoms with Gasteiger partial charge in [0.1, 0.15) is 16.8 Å². The fraction of sp³-hybridized carbons (Fsp3) is 0.429. The van der Waals surface area contributed by atoms with E-state index in [-0.39, 0.29) is 30.0 Å². The van der Waals surface area contributed by atoms with Gasteiger partial charge in [0.2, 0.25) is 0 Å². The number of rotatable bonds is 9. The highest BCUT2D eigenvalue weighted by molar-refractivity contribution is 6.66. The molecule has 3 aromatic rings. The first-order valence-corrected chi connectivity index (χ1v) is 10.9. The molecule has 9 nitrogen and oxygen atoms in total. The number of benzene rings is 1. The molecule has 0 aliphatic carbocycles. The second-order valence-corrected chi connectivity index (χ2v) is 8.11. The molecule has 0 radical (unpaired) electrons. The van der Waals surface area contributed by atoms with Gasteiger partial charge in [-0.05, 0) is 35.8 Å². The molecular weight excluding hydrogens is 437 g/mol. The number of halogens is 2. The predicted octanol–water partition coefficient (Wildman–Crippen LogP) is 2.44. The second-order valence-electron chi connectivity index (χ2n) is 7.67. The standard InChI is InChI=1S/C21H23ClFN7O2/c1-2-3-9-28-19-16(13-17(22)24-19)20(31)29(21(28)32)10-4-11-30-26-18(25-27-30)12-14-5-7-15(23)8-6-14/h5-8H,2-4,9-13H2,1H3. The van der Waals surface area contributed by atoms with E-state index in [4.69, 9.17) is 11.6 Å². The Hall–Kier alpha value is -3.14. The summed E-state index contributed by atoms with van der Waals surface area (Å²) >= 11 is 6.05. The van der Waals surface area contributed by atoms with Crippen LogP contribution in [0.15, 0.2) is 38.8 Å². The summed E-state index contributed by atoms with van der Waals surface area (Å²) in [5.41, 5.74) is 0.622. The molecule has 3 heterocycles. The Bertz CT molecular complexity index is 1260. The van der Waals surface area contributed by atoms with Gasteiger partial charge in [-0.15, -0.1) is 10.2 Å². The van der Waals surface area contributed by atoms with E-state index < -0.39 is 0 Å². The molecule has 1 aliphatic rings. The third-order valence-electron chi connectivity index (χ3n) is 5.29. The second kappa shape index (κ2) is 9.56. The van der Waals surface area contributed by atoms with Crippen molar-refractivity contribution in [3.8, 4) is 0 Å². The number of hydrogen-bond acceptors (Lipinski definition) is 6. The van der Waals surface area contributed by atoms with Crippen molar-refractivity contribution in [1.82, 2.24) is 29.3 Å². The largest absolute Gasteiger partial charge is 0.332 e. The summed E-state index contributed by atoms with van der Waals surface area (Å²) in [5.74, 6) is 0.604. The summed E-state index contributed by atoms with van der Waals surface area (Å²) in [7, 11) is 0. The molecule has 0 amide bonds. The summed E-state index contributed by atoms with van der Waals surface area (Å²) in [5, 5.41) is 12.7. The first-order chi connectivity index (χ1) is 15.5. The van der Waals surface area contributed by atoms with E-state index in [9.17, 15) is 14.0 Å². The SMILES string of the molecule is CCCCn1c2c(c(=O)n(CCCn3nnc(Cc4ccc(F)cc4)n3)c1=O)CC(Cl)=N2. The highest BCUT2D eigenvalue weighted by Gasteiger charge is 2.24. The van der Waals surface area contributed by atoms with Gasteiger partial charge in [-0.1, -0.05) is 37.1 Å². The lowest BCUT2D eigenvalue weighted by atomic mass is 10.1. The van der Waals surface area contributed by atoms with Crippen molar-refractivity contribution in [3.63, 3.8) is 0 Å². The molecule has 0 fully saturated rings. The topological polar surface area (TPSA) is 100.0 Å². The molecule has 0 spiro atoms. The first-order valence-electron chi connectivity index (χ1n) is 10.6. The molecule has 0 N–H and O–H groups in total. The third-order valence-corrected chi connectivity index (χ3v) is 5.50. The summed E-state index contributed by atoms with van der Waals surface area (Å²) in [6, 6.07) is 6.13. The summed E-state index contributed by atoms with van der Waals surface area (Å²) < 4.78 is 15.8. The molecule has 0 saturated heterocycles. The van der Waals surface area contributed by atoms with Crippen molar-refractivity contribution in [3.05, 3.63) is 67.9 Å². The van der Waals surface area contributed by atoms with Crippen molar-refractivity contribution in [2.75, 3.05) is 0 Å². The van der Waals surface area contributed by atoms with Crippen LogP contribution in [0.4, 0.5) is 10.2 Å². The fourth-order valence-corrected chi connectivity index (χ4v) is 3.85. The molecule has 32 heavy (non-hydrogen) atoms. The van der Waals surface area contributed by atoms with Crippen molar-refractivity contribution < 1.29 is 4.39 Å². The van der Waals surface area contributed by atoms with E-state index >= 15 is 0 Å². The molecule has 4 rings (SSSR count). The van der Waals surface area contributed by atoms with E-state index in [0.29, 0.717) is 48.3 Å². The van der Waals surface area contributed by atoms with Gasteiger partial charge in [0.15, 0.2) is 5.82 Å². The van der Waals surface area contributed by atoms with Crippen LogP contribution in [0.3, 0.4) is 0 Å². The van der Waals surface area contributed by atoms with Gasteiger partial charge in [-0.2, -0.15) is 4.80 Å². The molecule has 2 aromatic heterocycles.